The SMILES string of the molecule is CCC(C#N)S(=O)(=O)N1CCN(c2ccc(N)cn2)CC1. The predicted molar refractivity (Wildman–Crippen MR) is 81.0 cm³/mol. The number of rotatable bonds is 4. The number of nitrogen functional groups attached to an aromatic ring is 1. The summed E-state index contributed by atoms with van der Waals surface area (Å²) in [7, 11) is -3.53. The molecule has 1 saturated heterocycles. The summed E-state index contributed by atoms with van der Waals surface area (Å²) < 4.78 is 26.0. The topological polar surface area (TPSA) is 103 Å². The Bertz CT molecular complexity index is 615. The van der Waals surface area contributed by atoms with Gasteiger partial charge in [-0.2, -0.15) is 9.57 Å². The molecule has 21 heavy (non-hydrogen) atoms. The predicted octanol–water partition coefficient (Wildman–Crippen LogP) is 0.418. The van der Waals surface area contributed by atoms with E-state index in [9.17, 15) is 8.42 Å². The van der Waals surface area contributed by atoms with Gasteiger partial charge in [-0.25, -0.2) is 13.4 Å². The Kier molecular flexibility index (Phi) is 4.65. The first-order valence-corrected chi connectivity index (χ1v) is 8.34. The number of piperazine rings is 1. The maximum absolute atomic E-state index is 12.3. The molecule has 0 spiro atoms. The number of sulfonamides is 1. The summed E-state index contributed by atoms with van der Waals surface area (Å²) in [6.07, 6.45) is 1.89. The van der Waals surface area contributed by atoms with Crippen molar-refractivity contribution >= 4 is 21.5 Å². The molecule has 1 aromatic rings. The normalized spacial score (nSPS) is 18.2. The van der Waals surface area contributed by atoms with Crippen molar-refractivity contribution < 1.29 is 8.42 Å². The van der Waals surface area contributed by atoms with Crippen LogP contribution >= 0.6 is 0 Å². The number of pyridine rings is 1. The smallest absolute Gasteiger partial charge is 0.230 e. The molecule has 2 heterocycles. The van der Waals surface area contributed by atoms with Crippen molar-refractivity contribution in [2.45, 2.75) is 18.6 Å². The second-order valence-corrected chi connectivity index (χ2v) is 7.02. The molecule has 114 valence electrons. The molecular formula is C13H19N5O2S. The van der Waals surface area contributed by atoms with Crippen LogP contribution in [-0.2, 0) is 10.0 Å². The largest absolute Gasteiger partial charge is 0.397 e. The van der Waals surface area contributed by atoms with Gasteiger partial charge in [-0.05, 0) is 18.6 Å². The van der Waals surface area contributed by atoms with Gasteiger partial charge in [0.2, 0.25) is 10.0 Å². The van der Waals surface area contributed by atoms with E-state index in [1.165, 1.54) is 4.31 Å². The van der Waals surface area contributed by atoms with Crippen LogP contribution in [0.25, 0.3) is 0 Å². The van der Waals surface area contributed by atoms with Crippen molar-refractivity contribution in [3.8, 4) is 6.07 Å². The quantitative estimate of drug-likeness (QED) is 0.864. The lowest BCUT2D eigenvalue weighted by atomic mass is 10.3. The number of hydrogen-bond acceptors (Lipinski definition) is 6. The zero-order chi connectivity index (χ0) is 15.5. The maximum Gasteiger partial charge on any atom is 0.230 e. The Morgan fingerprint density at radius 3 is 2.52 bits per heavy atom. The van der Waals surface area contributed by atoms with E-state index < -0.39 is 15.3 Å². The summed E-state index contributed by atoms with van der Waals surface area (Å²) >= 11 is 0. The lowest BCUT2D eigenvalue weighted by Crippen LogP contribution is -2.51. The van der Waals surface area contributed by atoms with Crippen LogP contribution in [0.3, 0.4) is 0 Å². The number of nitriles is 1. The van der Waals surface area contributed by atoms with Crippen LogP contribution in [0.15, 0.2) is 18.3 Å². The minimum absolute atomic E-state index is 0.304. The van der Waals surface area contributed by atoms with Gasteiger partial charge in [0, 0.05) is 26.2 Å². The van der Waals surface area contributed by atoms with E-state index in [1.807, 2.05) is 17.0 Å². The highest BCUT2D eigenvalue weighted by atomic mass is 32.2. The average Bonchev–Trinajstić information content (AvgIpc) is 2.49. The summed E-state index contributed by atoms with van der Waals surface area (Å²) in [6, 6.07) is 5.46. The summed E-state index contributed by atoms with van der Waals surface area (Å²) in [6.45, 7) is 3.55. The van der Waals surface area contributed by atoms with Gasteiger partial charge in [0.05, 0.1) is 18.0 Å². The van der Waals surface area contributed by atoms with Crippen LogP contribution in [0.2, 0.25) is 0 Å². The number of hydrogen-bond donors (Lipinski definition) is 1. The Morgan fingerprint density at radius 2 is 2.05 bits per heavy atom. The summed E-state index contributed by atoms with van der Waals surface area (Å²) in [5.74, 6) is 0.786. The highest BCUT2D eigenvalue weighted by molar-refractivity contribution is 7.90. The van der Waals surface area contributed by atoms with Crippen LogP contribution in [0.5, 0.6) is 0 Å². The lowest BCUT2D eigenvalue weighted by molar-refractivity contribution is 0.380. The second-order valence-electron chi connectivity index (χ2n) is 4.91. The van der Waals surface area contributed by atoms with E-state index in [4.69, 9.17) is 11.0 Å². The van der Waals surface area contributed by atoms with E-state index in [0.717, 1.165) is 5.82 Å². The molecule has 1 atom stereocenters. The van der Waals surface area contributed by atoms with Gasteiger partial charge < -0.3 is 10.6 Å². The standard InChI is InChI=1S/C13H19N5O2S/c1-2-12(9-14)21(19,20)18-7-5-17(6-8-18)13-4-3-11(15)10-16-13/h3-4,10,12H,2,5-8,15H2,1H3. The van der Waals surface area contributed by atoms with Gasteiger partial charge in [0.15, 0.2) is 5.25 Å². The fourth-order valence-electron chi connectivity index (χ4n) is 2.30. The molecule has 0 radical (unpaired) electrons. The molecule has 2 N–H and O–H groups in total. The minimum atomic E-state index is -3.53. The van der Waals surface area contributed by atoms with Crippen molar-refractivity contribution in [2.75, 3.05) is 36.8 Å². The highest BCUT2D eigenvalue weighted by Gasteiger charge is 2.33. The molecule has 0 bridgehead atoms. The van der Waals surface area contributed by atoms with Crippen LogP contribution < -0.4 is 10.6 Å². The Labute approximate surface area is 125 Å². The Balaban J connectivity index is 2.03. The third-order valence-electron chi connectivity index (χ3n) is 3.57. The molecule has 8 heteroatoms. The maximum atomic E-state index is 12.3. The molecule has 2 rings (SSSR count). The molecule has 0 saturated carbocycles. The first kappa shape index (κ1) is 15.5. The third kappa shape index (κ3) is 3.25. The van der Waals surface area contributed by atoms with Crippen molar-refractivity contribution in [1.82, 2.24) is 9.29 Å². The van der Waals surface area contributed by atoms with E-state index >= 15 is 0 Å². The lowest BCUT2D eigenvalue weighted by Gasteiger charge is -2.35. The molecule has 7 nitrogen and oxygen atoms in total. The van der Waals surface area contributed by atoms with Crippen LogP contribution in [0.4, 0.5) is 11.5 Å². The van der Waals surface area contributed by atoms with E-state index in [2.05, 4.69) is 4.98 Å². The fourth-order valence-corrected chi connectivity index (χ4v) is 3.89. The number of nitrogens with zero attached hydrogens (tertiary/aromatic N) is 4. The van der Waals surface area contributed by atoms with E-state index in [1.54, 1.807) is 19.2 Å². The first-order chi connectivity index (χ1) is 9.98. The molecular weight excluding hydrogens is 290 g/mol. The van der Waals surface area contributed by atoms with Gasteiger partial charge in [-0.3, -0.25) is 0 Å². The zero-order valence-electron chi connectivity index (χ0n) is 11.9. The van der Waals surface area contributed by atoms with Crippen LogP contribution in [0, 0.1) is 11.3 Å². The van der Waals surface area contributed by atoms with Crippen LogP contribution in [-0.4, -0.2) is 49.1 Å². The van der Waals surface area contributed by atoms with Gasteiger partial charge in [-0.15, -0.1) is 0 Å². The number of anilines is 2. The average molecular weight is 309 g/mol. The molecule has 1 aliphatic rings. The van der Waals surface area contributed by atoms with Gasteiger partial charge in [0.25, 0.3) is 0 Å². The minimum Gasteiger partial charge on any atom is -0.397 e. The molecule has 0 aliphatic carbocycles. The van der Waals surface area contributed by atoms with Crippen molar-refractivity contribution in [1.29, 1.82) is 5.26 Å². The first-order valence-electron chi connectivity index (χ1n) is 6.84. The molecule has 1 aromatic heterocycles. The molecule has 0 aromatic carbocycles. The zero-order valence-corrected chi connectivity index (χ0v) is 12.8. The van der Waals surface area contributed by atoms with Gasteiger partial charge in [-0.1, -0.05) is 6.92 Å². The molecule has 1 aliphatic heterocycles. The van der Waals surface area contributed by atoms with Gasteiger partial charge >= 0.3 is 0 Å². The Hall–Kier alpha value is -1.85. The number of nitrogens with two attached hydrogens (primary N) is 1. The van der Waals surface area contributed by atoms with Crippen molar-refractivity contribution in [2.24, 2.45) is 0 Å². The van der Waals surface area contributed by atoms with E-state index in [0.29, 0.717) is 38.3 Å². The van der Waals surface area contributed by atoms with Crippen molar-refractivity contribution in [3.63, 3.8) is 0 Å². The summed E-state index contributed by atoms with van der Waals surface area (Å²) in [5.41, 5.74) is 6.20. The molecule has 1 fully saturated rings. The van der Waals surface area contributed by atoms with Crippen molar-refractivity contribution in [3.05, 3.63) is 18.3 Å². The Morgan fingerprint density at radius 1 is 1.38 bits per heavy atom. The summed E-state index contributed by atoms with van der Waals surface area (Å²) in [5, 5.41) is 8.00. The van der Waals surface area contributed by atoms with Crippen LogP contribution in [0.1, 0.15) is 13.3 Å². The fraction of sp³-hybridized carbons (Fsp3) is 0.538. The summed E-state index contributed by atoms with van der Waals surface area (Å²) in [4.78, 5) is 6.25. The molecule has 0 amide bonds. The highest BCUT2D eigenvalue weighted by Crippen LogP contribution is 2.18. The molecule has 1 unspecified atom stereocenters. The van der Waals surface area contributed by atoms with E-state index in [-0.39, 0.29) is 0 Å². The van der Waals surface area contributed by atoms with Gasteiger partial charge in [0.1, 0.15) is 5.82 Å². The third-order valence-corrected chi connectivity index (χ3v) is 5.81. The second kappa shape index (κ2) is 6.28. The monoisotopic (exact) mass is 309 g/mol. The number of aromatic nitrogens is 1.